The van der Waals surface area contributed by atoms with E-state index >= 15 is 0 Å². The zero-order valence-corrected chi connectivity index (χ0v) is 33.0. The first kappa shape index (κ1) is 35.0. The highest BCUT2D eigenvalue weighted by Gasteiger charge is 2.24. The number of allylic oxidation sites excluding steroid dienone is 12. The molecular weight excluding hydrogens is 713 g/mol. The van der Waals surface area contributed by atoms with E-state index in [4.69, 9.17) is 9.97 Å². The van der Waals surface area contributed by atoms with Crippen LogP contribution >= 0.6 is 0 Å². The number of hydrogen-bond acceptors (Lipinski definition) is 2. The summed E-state index contributed by atoms with van der Waals surface area (Å²) in [5.41, 5.74) is 14.1. The van der Waals surface area contributed by atoms with E-state index in [9.17, 15) is 0 Å². The van der Waals surface area contributed by atoms with Gasteiger partial charge in [-0.1, -0.05) is 189 Å². The lowest BCUT2D eigenvalue weighted by molar-refractivity contribution is 0.738. The molecule has 0 aliphatic heterocycles. The molecule has 0 spiro atoms. The fourth-order valence-electron chi connectivity index (χ4n) is 9.22. The predicted molar refractivity (Wildman–Crippen MR) is 250 cm³/mol. The number of benzene rings is 7. The van der Waals surface area contributed by atoms with Gasteiger partial charge in [0.25, 0.3) is 0 Å². The van der Waals surface area contributed by atoms with Gasteiger partial charge in [-0.25, -0.2) is 9.97 Å². The van der Waals surface area contributed by atoms with Crippen molar-refractivity contribution in [1.29, 1.82) is 0 Å². The molecule has 8 aromatic rings. The fourth-order valence-corrected chi connectivity index (χ4v) is 9.22. The molecule has 0 saturated carbocycles. The Hall–Kier alpha value is -7.16. The largest absolute Gasteiger partial charge is 0.228 e. The van der Waals surface area contributed by atoms with E-state index in [0.29, 0.717) is 11.8 Å². The SMILES string of the molecule is CC1C=CC(c2cc(-c3ccc(-c4ccc5c(-c6ccc7ccccc7c6)c6ccccc6c(C6=CC=C7C=CC=CC7C6)c5c4)cc3)nc(-c3ccccc3)n2)=CC1. The van der Waals surface area contributed by atoms with Gasteiger partial charge in [0.05, 0.1) is 11.4 Å². The molecule has 1 heterocycles. The van der Waals surface area contributed by atoms with Crippen LogP contribution in [0.4, 0.5) is 0 Å². The van der Waals surface area contributed by atoms with Crippen LogP contribution in [-0.2, 0) is 0 Å². The predicted octanol–water partition coefficient (Wildman–Crippen LogP) is 15.0. The minimum atomic E-state index is 0.378. The van der Waals surface area contributed by atoms with Crippen molar-refractivity contribution in [3.63, 3.8) is 0 Å². The van der Waals surface area contributed by atoms with E-state index in [0.717, 1.165) is 46.8 Å². The number of rotatable bonds is 6. The number of nitrogens with zero attached hydrogens (tertiary/aromatic N) is 2. The molecule has 0 radical (unpaired) electrons. The molecule has 280 valence electrons. The standard InChI is InChI=1S/C57H42N2/c1-37-19-21-41(22-20-37)53-36-54(59-57(58-53)43-13-3-2-4-14-43)42-27-23-40(24-28-42)46-31-32-51-52(35-46)56(48-30-26-39-12-6-8-16-45(39)34-48)50-18-10-9-17-49(50)55(51)47-29-25-38-11-5-7-15-44(38)33-47/h2-19,21-33,35-37,45H,20,34H2,1H3. The van der Waals surface area contributed by atoms with Crippen molar-refractivity contribution in [2.24, 2.45) is 11.8 Å². The van der Waals surface area contributed by atoms with E-state index in [2.05, 4.69) is 189 Å². The smallest absolute Gasteiger partial charge is 0.160 e. The summed E-state index contributed by atoms with van der Waals surface area (Å²) in [6.07, 6.45) is 22.4. The van der Waals surface area contributed by atoms with Crippen LogP contribution in [0, 0.1) is 11.8 Å². The topological polar surface area (TPSA) is 25.8 Å². The minimum Gasteiger partial charge on any atom is -0.228 e. The summed E-state index contributed by atoms with van der Waals surface area (Å²) < 4.78 is 0. The van der Waals surface area contributed by atoms with Crippen molar-refractivity contribution in [1.82, 2.24) is 9.97 Å². The van der Waals surface area contributed by atoms with Gasteiger partial charge in [0.15, 0.2) is 5.82 Å². The average molecular weight is 755 g/mol. The molecule has 2 heteroatoms. The molecule has 2 nitrogen and oxygen atoms in total. The van der Waals surface area contributed by atoms with E-state index in [1.807, 2.05) is 18.2 Å². The third-order valence-electron chi connectivity index (χ3n) is 12.4. The van der Waals surface area contributed by atoms with E-state index < -0.39 is 0 Å². The van der Waals surface area contributed by atoms with Crippen molar-refractivity contribution >= 4 is 43.5 Å². The van der Waals surface area contributed by atoms with Gasteiger partial charge in [-0.05, 0) is 114 Å². The maximum Gasteiger partial charge on any atom is 0.160 e. The highest BCUT2D eigenvalue weighted by atomic mass is 14.9. The van der Waals surface area contributed by atoms with Crippen LogP contribution in [0.3, 0.4) is 0 Å². The minimum absolute atomic E-state index is 0.378. The van der Waals surface area contributed by atoms with Gasteiger partial charge < -0.3 is 0 Å². The van der Waals surface area contributed by atoms with Gasteiger partial charge in [-0.3, -0.25) is 0 Å². The third kappa shape index (κ3) is 6.48. The van der Waals surface area contributed by atoms with Crippen LogP contribution < -0.4 is 0 Å². The molecule has 3 aliphatic carbocycles. The first-order valence-corrected chi connectivity index (χ1v) is 20.8. The summed E-state index contributed by atoms with van der Waals surface area (Å²) in [7, 11) is 0. The molecule has 3 aliphatic rings. The Balaban J connectivity index is 1.06. The summed E-state index contributed by atoms with van der Waals surface area (Å²) in [6.45, 7) is 2.25. The third-order valence-corrected chi connectivity index (χ3v) is 12.4. The van der Waals surface area contributed by atoms with Gasteiger partial charge in [0.2, 0.25) is 0 Å². The zero-order valence-electron chi connectivity index (χ0n) is 33.0. The van der Waals surface area contributed by atoms with Gasteiger partial charge in [0.1, 0.15) is 0 Å². The van der Waals surface area contributed by atoms with Crippen LogP contribution in [0.15, 0.2) is 206 Å². The second-order valence-corrected chi connectivity index (χ2v) is 16.2. The molecular formula is C57H42N2. The lowest BCUT2D eigenvalue weighted by Crippen LogP contribution is -2.07. The molecule has 7 aromatic carbocycles. The lowest BCUT2D eigenvalue weighted by Gasteiger charge is -2.26. The molecule has 0 saturated heterocycles. The molecule has 0 N–H and O–H groups in total. The Morgan fingerprint density at radius 2 is 1.20 bits per heavy atom. The first-order chi connectivity index (χ1) is 29.1. The van der Waals surface area contributed by atoms with E-state index in [1.165, 1.54) is 71.3 Å². The lowest BCUT2D eigenvalue weighted by atomic mass is 9.78. The maximum absolute atomic E-state index is 5.12. The zero-order chi connectivity index (χ0) is 39.3. The summed E-state index contributed by atoms with van der Waals surface area (Å²) in [6, 6.07) is 53.1. The van der Waals surface area contributed by atoms with Crippen LogP contribution in [0.1, 0.15) is 31.0 Å². The van der Waals surface area contributed by atoms with Crippen LogP contribution in [0.25, 0.3) is 88.4 Å². The second-order valence-electron chi connectivity index (χ2n) is 16.2. The van der Waals surface area contributed by atoms with Gasteiger partial charge in [-0.15, -0.1) is 0 Å². The Morgan fingerprint density at radius 3 is 2.03 bits per heavy atom. The molecule has 2 atom stereocenters. The van der Waals surface area contributed by atoms with Crippen molar-refractivity contribution in [2.45, 2.75) is 19.8 Å². The van der Waals surface area contributed by atoms with E-state index in [1.54, 1.807) is 0 Å². The van der Waals surface area contributed by atoms with Crippen molar-refractivity contribution < 1.29 is 0 Å². The molecule has 2 unspecified atom stereocenters. The Morgan fingerprint density at radius 1 is 0.492 bits per heavy atom. The molecule has 11 rings (SSSR count). The van der Waals surface area contributed by atoms with Gasteiger partial charge in [-0.2, -0.15) is 0 Å². The van der Waals surface area contributed by atoms with Crippen LogP contribution in [0.5, 0.6) is 0 Å². The maximum atomic E-state index is 5.12. The fraction of sp³-hybridized carbons (Fsp3) is 0.0877. The number of aromatic nitrogens is 2. The van der Waals surface area contributed by atoms with E-state index in [-0.39, 0.29) is 0 Å². The number of fused-ring (bicyclic) bond motifs is 4. The molecule has 0 bridgehead atoms. The Labute approximate surface area is 345 Å². The Bertz CT molecular complexity index is 3150. The Kier molecular flexibility index (Phi) is 8.70. The van der Waals surface area contributed by atoms with Crippen LogP contribution in [-0.4, -0.2) is 9.97 Å². The highest BCUT2D eigenvalue weighted by molar-refractivity contribution is 6.20. The molecule has 0 amide bonds. The van der Waals surface area contributed by atoms with Gasteiger partial charge in [0, 0.05) is 17.0 Å². The average Bonchev–Trinajstić information content (AvgIpc) is 3.30. The summed E-state index contributed by atoms with van der Waals surface area (Å²) >= 11 is 0. The highest BCUT2D eigenvalue weighted by Crippen LogP contribution is 2.46. The summed E-state index contributed by atoms with van der Waals surface area (Å²) in [4.78, 5) is 10.2. The van der Waals surface area contributed by atoms with Crippen LogP contribution in [0.2, 0.25) is 0 Å². The number of hydrogen-bond donors (Lipinski definition) is 0. The molecule has 59 heavy (non-hydrogen) atoms. The normalized spacial score (nSPS) is 17.2. The van der Waals surface area contributed by atoms with Gasteiger partial charge >= 0.3 is 0 Å². The molecule has 0 fully saturated rings. The summed E-state index contributed by atoms with van der Waals surface area (Å²) in [5.74, 6) is 1.65. The first-order valence-electron chi connectivity index (χ1n) is 20.8. The molecule has 1 aromatic heterocycles. The quantitative estimate of drug-likeness (QED) is 0.158. The van der Waals surface area contributed by atoms with Crippen molar-refractivity contribution in [3.05, 3.63) is 217 Å². The summed E-state index contributed by atoms with van der Waals surface area (Å²) in [5, 5.41) is 7.63. The second kappa shape index (κ2) is 14.7. The van der Waals surface area contributed by atoms with Crippen molar-refractivity contribution in [3.8, 4) is 44.9 Å². The monoisotopic (exact) mass is 754 g/mol. The van der Waals surface area contributed by atoms with Crippen molar-refractivity contribution in [2.75, 3.05) is 0 Å².